The summed E-state index contributed by atoms with van der Waals surface area (Å²) >= 11 is 0. The molecule has 0 aliphatic carbocycles. The van der Waals surface area contributed by atoms with Gasteiger partial charge in [-0.15, -0.1) is 5.73 Å². The molecule has 0 aromatic carbocycles. The second-order valence-electron chi connectivity index (χ2n) is 10.5. The van der Waals surface area contributed by atoms with Crippen molar-refractivity contribution in [2.24, 2.45) is 0 Å². The van der Waals surface area contributed by atoms with Gasteiger partial charge < -0.3 is 40.4 Å². The van der Waals surface area contributed by atoms with Gasteiger partial charge in [-0.3, -0.25) is 9.59 Å². The van der Waals surface area contributed by atoms with Gasteiger partial charge >= 0.3 is 11.9 Å². The van der Waals surface area contributed by atoms with E-state index >= 15 is 0 Å². The van der Waals surface area contributed by atoms with Crippen LogP contribution in [-0.4, -0.2) is 52.3 Å². The summed E-state index contributed by atoms with van der Waals surface area (Å²) in [6, 6.07) is 0. The highest BCUT2D eigenvalue weighted by Gasteiger charge is 2.20. The van der Waals surface area contributed by atoms with E-state index < -0.39 is 11.9 Å². The Kier molecular flexibility index (Phi) is 8.73. The number of carboxylic acid groups (broad SMARTS) is 2. The molecule has 4 aromatic heterocycles. The minimum absolute atomic E-state index is 0.0164. The van der Waals surface area contributed by atoms with Crippen molar-refractivity contribution in [3.63, 3.8) is 0 Å². The number of rotatable bonds is 11. The van der Waals surface area contributed by atoms with Gasteiger partial charge in [0.2, 0.25) is 0 Å². The van der Waals surface area contributed by atoms with E-state index in [1.54, 1.807) is 6.92 Å². The van der Waals surface area contributed by atoms with Gasteiger partial charge in [-0.25, -0.2) is 0 Å². The summed E-state index contributed by atoms with van der Waals surface area (Å²) in [4.78, 5) is 35.7. The van der Waals surface area contributed by atoms with E-state index in [2.05, 4.69) is 45.4 Å². The Morgan fingerprint density at radius 1 is 0.791 bits per heavy atom. The van der Waals surface area contributed by atoms with Crippen LogP contribution in [0, 0.1) is 20.8 Å². The van der Waals surface area contributed by atoms with Crippen molar-refractivity contribution < 1.29 is 30.0 Å². The molecule has 0 aliphatic heterocycles. The normalized spacial score (nSPS) is 12.2. The van der Waals surface area contributed by atoms with Gasteiger partial charge in [0.1, 0.15) is 0 Å². The minimum atomic E-state index is -0.920. The number of hydrogen-bond acceptors (Lipinski definition) is 4. The Labute approximate surface area is 247 Å². The lowest BCUT2D eigenvalue weighted by Crippen LogP contribution is -2.23. The monoisotopic (exact) mass is 584 g/mol. The first kappa shape index (κ1) is 30.6. The third-order valence-electron chi connectivity index (χ3n) is 7.91. The summed E-state index contributed by atoms with van der Waals surface area (Å²) in [6.45, 7) is 17.1. The molecule has 0 amide bonds. The fourth-order valence-corrected chi connectivity index (χ4v) is 5.48. The Balaban J connectivity index is 1.88. The van der Waals surface area contributed by atoms with Crippen molar-refractivity contribution >= 4 is 42.5 Å². The van der Waals surface area contributed by atoms with Gasteiger partial charge in [0, 0.05) is 63.6 Å². The van der Waals surface area contributed by atoms with Crippen molar-refractivity contribution in [1.29, 1.82) is 0 Å². The molecule has 0 radical (unpaired) electrons. The van der Waals surface area contributed by atoms with Gasteiger partial charge in [0.05, 0.1) is 10.7 Å². The van der Waals surface area contributed by atoms with Crippen LogP contribution in [0.1, 0.15) is 69.0 Å². The highest BCUT2D eigenvalue weighted by atomic mass is 16.4. The second kappa shape index (κ2) is 12.3. The van der Waals surface area contributed by atoms with Crippen LogP contribution in [0.5, 0.6) is 11.8 Å². The van der Waals surface area contributed by atoms with Gasteiger partial charge in [-0.05, 0) is 68.0 Å². The predicted octanol–water partition coefficient (Wildman–Crippen LogP) is 2.24. The summed E-state index contributed by atoms with van der Waals surface area (Å²) in [6.07, 6.45) is 5.96. The van der Waals surface area contributed by atoms with Crippen LogP contribution >= 0.6 is 0 Å². The van der Waals surface area contributed by atoms with E-state index in [-0.39, 0.29) is 37.4 Å². The zero-order chi connectivity index (χ0) is 31.6. The average Bonchev–Trinajstić information content (AvgIpc) is 3.59. The van der Waals surface area contributed by atoms with Crippen LogP contribution in [0.2, 0.25) is 0 Å². The van der Waals surface area contributed by atoms with E-state index in [0.29, 0.717) is 38.7 Å². The second-order valence-corrected chi connectivity index (χ2v) is 10.5. The maximum Gasteiger partial charge on any atom is 0.303 e. The van der Waals surface area contributed by atoms with Gasteiger partial charge in [-0.1, -0.05) is 25.8 Å². The molecular weight excluding hydrogens is 548 g/mol. The van der Waals surface area contributed by atoms with Crippen LogP contribution in [0.3, 0.4) is 0 Å². The zero-order valence-electron chi connectivity index (χ0n) is 24.5. The zero-order valence-corrected chi connectivity index (χ0v) is 24.5. The molecule has 0 saturated carbocycles. The van der Waals surface area contributed by atoms with Crippen LogP contribution in [0.15, 0.2) is 13.2 Å². The lowest BCUT2D eigenvalue weighted by Gasteiger charge is -2.07. The number of aromatic nitrogens is 4. The maximum absolute atomic E-state index is 11.5. The number of hydrogen-bond donors (Lipinski definition) is 8. The van der Waals surface area contributed by atoms with Gasteiger partial charge in [0.15, 0.2) is 11.8 Å². The molecule has 4 rings (SSSR count). The maximum atomic E-state index is 11.5. The molecule has 0 aliphatic rings. The summed E-state index contributed by atoms with van der Waals surface area (Å²) in [5.41, 5.74) is 10.4. The molecular formula is C33H36N4O6. The average molecular weight is 585 g/mol. The molecule has 10 nitrogen and oxygen atoms in total. The van der Waals surface area contributed by atoms with Gasteiger partial charge in [-0.2, -0.15) is 0 Å². The predicted molar refractivity (Wildman–Crippen MR) is 166 cm³/mol. The van der Waals surface area contributed by atoms with Crippen LogP contribution in [0.25, 0.3) is 30.5 Å². The highest BCUT2D eigenvalue weighted by molar-refractivity contribution is 5.68. The Morgan fingerprint density at radius 3 is 1.72 bits per heavy atom. The van der Waals surface area contributed by atoms with E-state index in [1.807, 2.05) is 26.0 Å². The number of aromatic amines is 4. The number of carbonyl (C=O) groups is 2. The number of nitrogens with one attached hydrogen (secondary N) is 4. The molecule has 8 N–H and O–H groups in total. The molecule has 0 unspecified atom stereocenters. The number of aromatic hydroxyl groups is 2. The molecule has 0 fully saturated rings. The first-order valence-electron chi connectivity index (χ1n) is 13.7. The number of H-pyrrole nitrogens is 4. The van der Waals surface area contributed by atoms with Crippen LogP contribution in [-0.2, 0) is 28.9 Å². The first-order chi connectivity index (χ1) is 20.4. The Morgan fingerprint density at radius 2 is 1.28 bits per heavy atom. The van der Waals surface area contributed by atoms with E-state index in [1.165, 1.54) is 6.08 Å². The van der Waals surface area contributed by atoms with Crippen molar-refractivity contribution in [1.82, 2.24) is 19.9 Å². The fourth-order valence-electron chi connectivity index (χ4n) is 5.48. The highest BCUT2D eigenvalue weighted by Crippen LogP contribution is 2.28. The quantitative estimate of drug-likeness (QED) is 0.134. The molecule has 0 saturated heterocycles. The smallest absolute Gasteiger partial charge is 0.303 e. The Bertz CT molecular complexity index is 2010. The summed E-state index contributed by atoms with van der Waals surface area (Å²) < 4.78 is 0. The molecule has 224 valence electrons. The van der Waals surface area contributed by atoms with Crippen LogP contribution < -0.4 is 21.1 Å². The molecule has 4 heterocycles. The molecule has 4 aromatic rings. The Hall–Kier alpha value is -5.34. The van der Waals surface area contributed by atoms with Crippen molar-refractivity contribution in [3.05, 3.63) is 90.4 Å². The topological polar surface area (TPSA) is 178 Å². The van der Waals surface area contributed by atoms with Crippen LogP contribution in [0.4, 0.5) is 0 Å². The fraction of sp³-hybridized carbons (Fsp3) is 0.242. The largest absolute Gasteiger partial charge is 0.494 e. The third-order valence-corrected chi connectivity index (χ3v) is 7.91. The third kappa shape index (κ3) is 6.14. The standard InChI is InChI=1S/C33H36N4O6/c1-7-20-19(6)32(42)37-27(20)14-25-18(5)23(10-12-31(40)41)29(35-25)15-28-22(9-11-30(38)39)17(4)24(34-28)13-26-16(3)21(8-2)33(43)36-26/h8,13-14,34-37,42-43H,1-3,9-12,15H2,4-6H3,(H,38,39)(H,40,41). The summed E-state index contributed by atoms with van der Waals surface area (Å²) in [5.74, 6) is -1.87. The van der Waals surface area contributed by atoms with E-state index in [9.17, 15) is 30.0 Å². The van der Waals surface area contributed by atoms with Crippen molar-refractivity contribution in [2.75, 3.05) is 0 Å². The van der Waals surface area contributed by atoms with Gasteiger partial charge in [0.25, 0.3) is 0 Å². The minimum Gasteiger partial charge on any atom is -0.494 e. The lowest BCUT2D eigenvalue weighted by molar-refractivity contribution is -0.138. The molecule has 43 heavy (non-hydrogen) atoms. The van der Waals surface area contributed by atoms with E-state index in [4.69, 9.17) is 0 Å². The van der Waals surface area contributed by atoms with Crippen molar-refractivity contribution in [3.8, 4) is 11.8 Å². The summed E-state index contributed by atoms with van der Waals surface area (Å²) in [7, 11) is 0. The first-order valence-corrected chi connectivity index (χ1v) is 13.7. The molecule has 10 heteroatoms. The number of carboxylic acids is 2. The molecule has 0 bridgehead atoms. The van der Waals surface area contributed by atoms with E-state index in [0.717, 1.165) is 45.0 Å². The SMILES string of the molecule is C=C=c1c(C)c(O)[nH]c1=Cc1[nH]c(Cc2[nH]c(C=c3[nH]c(O)c(C=C)c3=C)c(C)c2CCC(=O)O)c(CCC(=O)O)c1C. The molecule has 0 atom stereocenters. The lowest BCUT2D eigenvalue weighted by atomic mass is 9.98. The number of aliphatic carboxylic acids is 2. The van der Waals surface area contributed by atoms with Crippen molar-refractivity contribution in [2.45, 2.75) is 52.9 Å². The molecule has 0 spiro atoms. The summed E-state index contributed by atoms with van der Waals surface area (Å²) in [5, 5.41) is 41.7.